The van der Waals surface area contributed by atoms with Crippen molar-refractivity contribution in [3.8, 4) is 0 Å². The largest absolute Gasteiger partial charge is 0.321 e. The number of fused-ring (bicyclic) bond motifs is 2. The van der Waals surface area contributed by atoms with Gasteiger partial charge in [0.25, 0.3) is 11.5 Å². The fourth-order valence-electron chi connectivity index (χ4n) is 3.81. The zero-order chi connectivity index (χ0) is 20.5. The first-order valence-corrected chi connectivity index (χ1v) is 9.87. The summed E-state index contributed by atoms with van der Waals surface area (Å²) in [6.45, 7) is 0.475. The van der Waals surface area contributed by atoms with Crippen molar-refractivity contribution in [2.45, 2.75) is 13.0 Å². The minimum Gasteiger partial charge on any atom is -0.321 e. The monoisotopic (exact) mass is 393 g/mol. The zero-order valence-electron chi connectivity index (χ0n) is 16.2. The van der Waals surface area contributed by atoms with E-state index in [0.717, 1.165) is 16.8 Å². The summed E-state index contributed by atoms with van der Waals surface area (Å²) >= 11 is 0. The van der Waals surface area contributed by atoms with Gasteiger partial charge in [0.1, 0.15) is 5.82 Å². The van der Waals surface area contributed by atoms with Gasteiger partial charge in [-0.3, -0.25) is 14.2 Å². The van der Waals surface area contributed by atoms with Crippen molar-refractivity contribution in [2.75, 3.05) is 5.32 Å². The Bertz CT molecular complexity index is 1350. The smallest absolute Gasteiger partial charge is 0.261 e. The van der Waals surface area contributed by atoms with Crippen LogP contribution in [0, 0.1) is 0 Å². The molecule has 5 rings (SSSR count). The van der Waals surface area contributed by atoms with E-state index >= 15 is 0 Å². The first-order chi connectivity index (χ1) is 14.7. The third kappa shape index (κ3) is 3.20. The lowest BCUT2D eigenvalue weighted by Crippen LogP contribution is -2.25. The summed E-state index contributed by atoms with van der Waals surface area (Å²) < 4.78 is 1.66. The summed E-state index contributed by atoms with van der Waals surface area (Å²) in [4.78, 5) is 30.6. The molecule has 4 aromatic rings. The average molecular weight is 393 g/mol. The van der Waals surface area contributed by atoms with Crippen LogP contribution in [0.25, 0.3) is 22.6 Å². The number of carbonyl (C=O) groups excluding carboxylic acids is 1. The second-order valence-corrected chi connectivity index (χ2v) is 7.24. The second-order valence-electron chi connectivity index (χ2n) is 7.24. The molecule has 2 heterocycles. The van der Waals surface area contributed by atoms with Crippen molar-refractivity contribution < 1.29 is 4.79 Å². The van der Waals surface area contributed by atoms with Crippen molar-refractivity contribution in [1.82, 2.24) is 9.55 Å². The van der Waals surface area contributed by atoms with E-state index in [-0.39, 0.29) is 11.5 Å². The number of hydrogen-bond donors (Lipinski definition) is 1. The number of amides is 1. The first kappa shape index (κ1) is 18.1. The van der Waals surface area contributed by atoms with Crippen molar-refractivity contribution in [1.29, 1.82) is 0 Å². The van der Waals surface area contributed by atoms with Gasteiger partial charge in [-0.15, -0.1) is 0 Å². The number of benzene rings is 3. The number of aryl methyl sites for hydroxylation is 1. The highest BCUT2D eigenvalue weighted by atomic mass is 16.2. The average Bonchev–Trinajstić information content (AvgIpc) is 3.09. The third-order valence-corrected chi connectivity index (χ3v) is 5.34. The summed E-state index contributed by atoms with van der Waals surface area (Å²) in [5, 5.41) is 3.45. The molecule has 1 aromatic heterocycles. The number of carbonyl (C=O) groups is 1. The van der Waals surface area contributed by atoms with Crippen LogP contribution in [0.15, 0.2) is 83.7 Å². The third-order valence-electron chi connectivity index (χ3n) is 5.34. The minimum atomic E-state index is -0.187. The Morgan fingerprint density at radius 3 is 2.47 bits per heavy atom. The number of aromatic nitrogens is 2. The predicted molar refractivity (Wildman–Crippen MR) is 119 cm³/mol. The van der Waals surface area contributed by atoms with E-state index in [9.17, 15) is 9.59 Å². The van der Waals surface area contributed by atoms with Crippen LogP contribution in [0.1, 0.15) is 17.0 Å². The minimum absolute atomic E-state index is 0.102. The van der Waals surface area contributed by atoms with E-state index in [4.69, 9.17) is 4.98 Å². The van der Waals surface area contributed by atoms with Crippen LogP contribution in [-0.4, -0.2) is 15.5 Å². The fraction of sp³-hybridized carbons (Fsp3) is 0.0800. The molecule has 0 spiro atoms. The number of hydrogen-bond acceptors (Lipinski definition) is 3. The molecule has 0 bridgehead atoms. The summed E-state index contributed by atoms with van der Waals surface area (Å²) in [5.41, 5.74) is 3.76. The quantitative estimate of drug-likeness (QED) is 0.530. The molecule has 0 unspecified atom stereocenters. The van der Waals surface area contributed by atoms with Crippen LogP contribution < -0.4 is 10.9 Å². The Morgan fingerprint density at radius 1 is 0.867 bits per heavy atom. The Hall–Kier alpha value is -3.99. The van der Waals surface area contributed by atoms with Crippen LogP contribution in [0.3, 0.4) is 0 Å². The van der Waals surface area contributed by atoms with Crippen LogP contribution in [0.2, 0.25) is 0 Å². The molecular weight excluding hydrogens is 374 g/mol. The standard InChI is InChI=1S/C25H19N3O2/c29-24-20(18-10-4-6-12-21(18)27-24)16-23-26-22-13-7-5-11-19(22)25(30)28(23)15-14-17-8-2-1-3-9-17/h1-13,16H,14-15H2,(H,27,29). The molecule has 3 aromatic carbocycles. The number of para-hydroxylation sites is 2. The number of rotatable bonds is 4. The van der Waals surface area contributed by atoms with Crippen molar-refractivity contribution in [2.24, 2.45) is 0 Å². The molecule has 5 heteroatoms. The molecule has 30 heavy (non-hydrogen) atoms. The second kappa shape index (κ2) is 7.44. The van der Waals surface area contributed by atoms with Gasteiger partial charge in [-0.05, 0) is 36.3 Å². The molecule has 1 N–H and O–H groups in total. The van der Waals surface area contributed by atoms with E-state index in [1.807, 2.05) is 72.8 Å². The van der Waals surface area contributed by atoms with Gasteiger partial charge in [0.2, 0.25) is 0 Å². The molecule has 146 valence electrons. The van der Waals surface area contributed by atoms with Crippen LogP contribution in [0.4, 0.5) is 5.69 Å². The van der Waals surface area contributed by atoms with E-state index in [0.29, 0.717) is 35.3 Å². The molecule has 0 fully saturated rings. The number of nitrogens with zero attached hydrogens (tertiary/aromatic N) is 2. The van der Waals surface area contributed by atoms with E-state index < -0.39 is 0 Å². The molecule has 1 aliphatic rings. The SMILES string of the molecule is O=C1Nc2ccccc2C1=Cc1nc2ccccc2c(=O)n1CCc1ccccc1. The lowest BCUT2D eigenvalue weighted by molar-refractivity contribution is -0.110. The molecule has 0 radical (unpaired) electrons. The molecule has 5 nitrogen and oxygen atoms in total. The summed E-state index contributed by atoms with van der Waals surface area (Å²) in [6.07, 6.45) is 2.42. The lowest BCUT2D eigenvalue weighted by Gasteiger charge is -2.12. The maximum atomic E-state index is 13.3. The van der Waals surface area contributed by atoms with E-state index in [1.54, 1.807) is 16.7 Å². The Balaban J connectivity index is 1.65. The Kier molecular flexibility index (Phi) is 4.48. The number of anilines is 1. The molecule has 0 saturated carbocycles. The number of nitrogens with one attached hydrogen (secondary N) is 1. The van der Waals surface area contributed by atoms with Gasteiger partial charge in [-0.1, -0.05) is 60.7 Å². The van der Waals surface area contributed by atoms with Crippen LogP contribution in [0.5, 0.6) is 0 Å². The van der Waals surface area contributed by atoms with Crippen LogP contribution in [-0.2, 0) is 17.8 Å². The topological polar surface area (TPSA) is 64.0 Å². The lowest BCUT2D eigenvalue weighted by atomic mass is 10.1. The van der Waals surface area contributed by atoms with Gasteiger partial charge >= 0.3 is 0 Å². The summed E-state index contributed by atoms with van der Waals surface area (Å²) in [5.74, 6) is 0.296. The van der Waals surface area contributed by atoms with Crippen LogP contribution >= 0.6 is 0 Å². The maximum Gasteiger partial charge on any atom is 0.261 e. The maximum absolute atomic E-state index is 13.3. The molecule has 0 aliphatic carbocycles. The van der Waals surface area contributed by atoms with E-state index in [1.165, 1.54) is 0 Å². The normalized spacial score (nSPS) is 14.1. The van der Waals surface area contributed by atoms with Crippen molar-refractivity contribution in [3.05, 3.63) is 106 Å². The molecule has 1 aliphatic heterocycles. The highest BCUT2D eigenvalue weighted by Gasteiger charge is 2.24. The molecule has 0 saturated heterocycles. The molecular formula is C25H19N3O2. The predicted octanol–water partition coefficient (Wildman–Crippen LogP) is 4.13. The highest BCUT2D eigenvalue weighted by molar-refractivity contribution is 6.34. The van der Waals surface area contributed by atoms with Gasteiger partial charge in [0.15, 0.2) is 0 Å². The Morgan fingerprint density at radius 2 is 1.60 bits per heavy atom. The highest BCUT2D eigenvalue weighted by Crippen LogP contribution is 2.32. The molecule has 1 amide bonds. The fourth-order valence-corrected chi connectivity index (χ4v) is 3.81. The summed E-state index contributed by atoms with van der Waals surface area (Å²) in [6, 6.07) is 24.9. The van der Waals surface area contributed by atoms with Gasteiger partial charge in [-0.2, -0.15) is 0 Å². The van der Waals surface area contributed by atoms with E-state index in [2.05, 4.69) is 5.32 Å². The van der Waals surface area contributed by atoms with Gasteiger partial charge < -0.3 is 5.32 Å². The van der Waals surface area contributed by atoms with Gasteiger partial charge in [-0.25, -0.2) is 4.98 Å². The van der Waals surface area contributed by atoms with Gasteiger partial charge in [0, 0.05) is 17.8 Å². The van der Waals surface area contributed by atoms with Crippen molar-refractivity contribution >= 4 is 34.1 Å². The zero-order valence-corrected chi connectivity index (χ0v) is 16.2. The Labute approximate surface area is 173 Å². The van der Waals surface area contributed by atoms with Crippen molar-refractivity contribution in [3.63, 3.8) is 0 Å². The summed E-state index contributed by atoms with van der Waals surface area (Å²) in [7, 11) is 0. The first-order valence-electron chi connectivity index (χ1n) is 9.87. The molecule has 0 atom stereocenters. The van der Waals surface area contributed by atoms with Gasteiger partial charge in [0.05, 0.1) is 16.5 Å².